The van der Waals surface area contributed by atoms with Crippen LogP contribution < -0.4 is 5.73 Å². The first kappa shape index (κ1) is 13.0. The Morgan fingerprint density at radius 2 is 1.90 bits per heavy atom. The van der Waals surface area contributed by atoms with Crippen LogP contribution in [0.25, 0.3) is 22.2 Å². The largest absolute Gasteiger partial charge is 0.326 e. The summed E-state index contributed by atoms with van der Waals surface area (Å²) >= 11 is 6.18. The van der Waals surface area contributed by atoms with Crippen LogP contribution in [0, 0.1) is 5.82 Å². The highest BCUT2D eigenvalue weighted by Crippen LogP contribution is 2.29. The van der Waals surface area contributed by atoms with E-state index in [-0.39, 0.29) is 5.82 Å². The number of hydrogen-bond donors (Lipinski definition) is 1. The number of fused-ring (bicyclic) bond motifs is 1. The maximum absolute atomic E-state index is 13.4. The fourth-order valence-corrected chi connectivity index (χ4v) is 2.47. The molecule has 100 valence electrons. The maximum Gasteiger partial charge on any atom is 0.123 e. The summed E-state index contributed by atoms with van der Waals surface area (Å²) in [7, 11) is 0. The zero-order valence-corrected chi connectivity index (χ0v) is 11.4. The van der Waals surface area contributed by atoms with Crippen molar-refractivity contribution in [2.75, 3.05) is 0 Å². The molecular weight excluding hydrogens is 275 g/mol. The second-order valence-corrected chi connectivity index (χ2v) is 4.93. The van der Waals surface area contributed by atoms with Crippen molar-refractivity contribution in [3.05, 3.63) is 64.9 Å². The van der Waals surface area contributed by atoms with E-state index >= 15 is 0 Å². The summed E-state index contributed by atoms with van der Waals surface area (Å²) in [5.74, 6) is -0.300. The van der Waals surface area contributed by atoms with Crippen molar-refractivity contribution in [3.8, 4) is 11.3 Å². The van der Waals surface area contributed by atoms with E-state index < -0.39 is 0 Å². The summed E-state index contributed by atoms with van der Waals surface area (Å²) in [5, 5.41) is 1.50. The molecule has 4 heteroatoms. The van der Waals surface area contributed by atoms with E-state index in [0.717, 1.165) is 10.9 Å². The van der Waals surface area contributed by atoms with Gasteiger partial charge in [-0.1, -0.05) is 35.9 Å². The lowest BCUT2D eigenvalue weighted by atomic mass is 10.0. The van der Waals surface area contributed by atoms with Crippen LogP contribution in [0.4, 0.5) is 4.39 Å². The quantitative estimate of drug-likeness (QED) is 0.768. The molecule has 0 bridgehead atoms. The molecule has 1 aromatic heterocycles. The van der Waals surface area contributed by atoms with Crippen LogP contribution in [0.3, 0.4) is 0 Å². The normalized spacial score (nSPS) is 10.9. The molecule has 2 N–H and O–H groups in total. The number of pyridine rings is 1. The Morgan fingerprint density at radius 1 is 1.10 bits per heavy atom. The fraction of sp³-hybridized carbons (Fsp3) is 0.0625. The summed E-state index contributed by atoms with van der Waals surface area (Å²) in [6, 6.07) is 13.9. The molecule has 0 radical (unpaired) electrons. The van der Waals surface area contributed by atoms with Crippen molar-refractivity contribution in [1.29, 1.82) is 0 Å². The smallest absolute Gasteiger partial charge is 0.123 e. The molecule has 0 saturated heterocycles. The van der Waals surface area contributed by atoms with E-state index in [1.807, 2.05) is 24.3 Å². The Kier molecular flexibility index (Phi) is 3.38. The minimum Gasteiger partial charge on any atom is -0.326 e. The van der Waals surface area contributed by atoms with Crippen molar-refractivity contribution in [2.24, 2.45) is 5.73 Å². The van der Waals surface area contributed by atoms with Gasteiger partial charge in [0.1, 0.15) is 5.82 Å². The molecule has 3 rings (SSSR count). The molecule has 0 aliphatic carbocycles. The summed E-state index contributed by atoms with van der Waals surface area (Å²) in [6.07, 6.45) is 0. The molecule has 1 heterocycles. The number of para-hydroxylation sites is 1. The summed E-state index contributed by atoms with van der Waals surface area (Å²) in [5.41, 5.74) is 8.73. The second kappa shape index (κ2) is 5.19. The van der Waals surface area contributed by atoms with Crippen LogP contribution in [-0.2, 0) is 6.54 Å². The third-order valence-corrected chi connectivity index (χ3v) is 3.50. The summed E-state index contributed by atoms with van der Waals surface area (Å²) in [6.45, 7) is 0.335. The first-order valence-corrected chi connectivity index (χ1v) is 6.61. The SMILES string of the molecule is NCc1cc2cccc(Cl)c2nc1-c1cccc(F)c1. The van der Waals surface area contributed by atoms with Crippen molar-refractivity contribution < 1.29 is 4.39 Å². The van der Waals surface area contributed by atoms with Gasteiger partial charge in [-0.3, -0.25) is 0 Å². The molecule has 0 atom stereocenters. The highest BCUT2D eigenvalue weighted by Gasteiger charge is 2.10. The molecule has 2 nitrogen and oxygen atoms in total. The Hall–Kier alpha value is -1.97. The van der Waals surface area contributed by atoms with Gasteiger partial charge in [0.2, 0.25) is 0 Å². The number of halogens is 2. The first-order valence-electron chi connectivity index (χ1n) is 6.23. The summed E-state index contributed by atoms with van der Waals surface area (Å²) < 4.78 is 13.4. The van der Waals surface area contributed by atoms with Gasteiger partial charge in [0.15, 0.2) is 0 Å². The summed E-state index contributed by atoms with van der Waals surface area (Å²) in [4.78, 5) is 4.58. The third-order valence-electron chi connectivity index (χ3n) is 3.19. The molecule has 0 amide bonds. The van der Waals surface area contributed by atoms with E-state index in [4.69, 9.17) is 17.3 Å². The predicted molar refractivity (Wildman–Crippen MR) is 80.0 cm³/mol. The maximum atomic E-state index is 13.4. The topological polar surface area (TPSA) is 38.9 Å². The third kappa shape index (κ3) is 2.26. The van der Waals surface area contributed by atoms with Crippen molar-refractivity contribution >= 4 is 22.5 Å². The van der Waals surface area contributed by atoms with Gasteiger partial charge in [-0.2, -0.15) is 0 Å². The lowest BCUT2D eigenvalue weighted by Gasteiger charge is -2.10. The molecule has 20 heavy (non-hydrogen) atoms. The standard InChI is InChI=1S/C16H12ClFN2/c17-14-6-2-4-10-7-12(9-19)15(20-16(10)14)11-3-1-5-13(18)8-11/h1-8H,9,19H2. The van der Waals surface area contributed by atoms with Crippen molar-refractivity contribution in [2.45, 2.75) is 6.54 Å². The van der Waals surface area contributed by atoms with Crippen LogP contribution in [0.15, 0.2) is 48.5 Å². The molecule has 0 spiro atoms. The van der Waals surface area contributed by atoms with Gasteiger partial charge in [-0.15, -0.1) is 0 Å². The zero-order chi connectivity index (χ0) is 14.1. The van der Waals surface area contributed by atoms with Crippen LogP contribution >= 0.6 is 11.6 Å². The number of aromatic nitrogens is 1. The minimum absolute atomic E-state index is 0.300. The Labute approximate surface area is 121 Å². The molecular formula is C16H12ClFN2. The van der Waals surface area contributed by atoms with E-state index in [2.05, 4.69) is 4.98 Å². The van der Waals surface area contributed by atoms with E-state index in [1.165, 1.54) is 12.1 Å². The molecule has 2 aromatic carbocycles. The van der Waals surface area contributed by atoms with Gasteiger partial charge in [0, 0.05) is 17.5 Å². The number of nitrogens with zero attached hydrogens (tertiary/aromatic N) is 1. The molecule has 0 saturated carbocycles. The lowest BCUT2D eigenvalue weighted by Crippen LogP contribution is -2.01. The van der Waals surface area contributed by atoms with Crippen LogP contribution in [-0.4, -0.2) is 4.98 Å². The molecule has 0 aliphatic heterocycles. The zero-order valence-electron chi connectivity index (χ0n) is 10.6. The predicted octanol–water partition coefficient (Wildman–Crippen LogP) is 4.15. The van der Waals surface area contributed by atoms with Crippen molar-refractivity contribution in [3.63, 3.8) is 0 Å². The monoisotopic (exact) mass is 286 g/mol. The molecule has 3 aromatic rings. The highest BCUT2D eigenvalue weighted by molar-refractivity contribution is 6.35. The van der Waals surface area contributed by atoms with E-state index in [1.54, 1.807) is 12.1 Å². The van der Waals surface area contributed by atoms with Gasteiger partial charge in [-0.25, -0.2) is 9.37 Å². The Bertz CT molecular complexity index is 787. The lowest BCUT2D eigenvalue weighted by molar-refractivity contribution is 0.628. The van der Waals surface area contributed by atoms with E-state index in [0.29, 0.717) is 28.3 Å². The number of nitrogens with two attached hydrogens (primary N) is 1. The molecule has 0 fully saturated rings. The van der Waals surface area contributed by atoms with Gasteiger partial charge in [0.05, 0.1) is 16.2 Å². The van der Waals surface area contributed by atoms with Gasteiger partial charge < -0.3 is 5.73 Å². The Morgan fingerprint density at radius 3 is 2.65 bits per heavy atom. The fourth-order valence-electron chi connectivity index (χ4n) is 2.25. The Balaban J connectivity index is 2.31. The van der Waals surface area contributed by atoms with Gasteiger partial charge in [0.25, 0.3) is 0 Å². The van der Waals surface area contributed by atoms with Crippen LogP contribution in [0.2, 0.25) is 5.02 Å². The average molecular weight is 287 g/mol. The number of benzene rings is 2. The van der Waals surface area contributed by atoms with Gasteiger partial charge in [-0.05, 0) is 29.8 Å². The number of hydrogen-bond acceptors (Lipinski definition) is 2. The van der Waals surface area contributed by atoms with Crippen LogP contribution in [0.5, 0.6) is 0 Å². The molecule has 0 unspecified atom stereocenters. The van der Waals surface area contributed by atoms with Crippen LogP contribution in [0.1, 0.15) is 5.56 Å². The highest BCUT2D eigenvalue weighted by atomic mass is 35.5. The van der Waals surface area contributed by atoms with Gasteiger partial charge >= 0.3 is 0 Å². The minimum atomic E-state index is -0.300. The second-order valence-electron chi connectivity index (χ2n) is 4.52. The first-order chi connectivity index (χ1) is 9.69. The number of rotatable bonds is 2. The van der Waals surface area contributed by atoms with Crippen molar-refractivity contribution in [1.82, 2.24) is 4.98 Å². The average Bonchev–Trinajstić information content (AvgIpc) is 2.46. The molecule has 0 aliphatic rings. The van der Waals surface area contributed by atoms with E-state index in [9.17, 15) is 4.39 Å².